The second-order valence-corrected chi connectivity index (χ2v) is 7.76. The van der Waals surface area contributed by atoms with E-state index in [1.807, 2.05) is 12.2 Å². The van der Waals surface area contributed by atoms with Crippen molar-refractivity contribution in [3.8, 4) is 0 Å². The number of nitrogens with zero attached hydrogens (tertiary/aromatic N) is 1. The summed E-state index contributed by atoms with van der Waals surface area (Å²) in [6, 6.07) is 3.35. The molecule has 4 rings (SSSR count). The summed E-state index contributed by atoms with van der Waals surface area (Å²) in [7, 11) is 0. The molecule has 1 unspecified atom stereocenters. The minimum Gasteiger partial charge on any atom is -0.325 e. The average molecular weight is 359 g/mol. The number of nitrogens with one attached hydrogen (secondary N) is 1. The summed E-state index contributed by atoms with van der Waals surface area (Å²) in [5.41, 5.74) is 3.54. The molecule has 0 aromatic carbocycles. The van der Waals surface area contributed by atoms with Gasteiger partial charge in [-0.25, -0.2) is 4.99 Å². The van der Waals surface area contributed by atoms with Crippen LogP contribution in [0.1, 0.15) is 35.4 Å². The van der Waals surface area contributed by atoms with Gasteiger partial charge in [-0.2, -0.15) is 0 Å². The minimum atomic E-state index is -0.318. The maximum atomic E-state index is 12.3. The fourth-order valence-corrected chi connectivity index (χ4v) is 4.35. The number of carbonyl (C=O) groups is 2. The van der Waals surface area contributed by atoms with Gasteiger partial charge >= 0.3 is 0 Å². The van der Waals surface area contributed by atoms with Gasteiger partial charge in [0.05, 0.1) is 14.9 Å². The molecular formula is C18H15ClN2O2S. The third kappa shape index (κ3) is 2.78. The zero-order chi connectivity index (χ0) is 16.7. The number of amides is 2. The number of allylic oxidation sites excluding steroid dienone is 3. The Morgan fingerprint density at radius 1 is 1.29 bits per heavy atom. The zero-order valence-corrected chi connectivity index (χ0v) is 14.4. The van der Waals surface area contributed by atoms with Crippen LogP contribution in [0.25, 0.3) is 0 Å². The van der Waals surface area contributed by atoms with Crippen molar-refractivity contribution in [1.82, 2.24) is 5.32 Å². The Balaban J connectivity index is 1.63. The van der Waals surface area contributed by atoms with E-state index in [0.29, 0.717) is 14.9 Å². The molecule has 2 amide bonds. The number of thiophene rings is 1. The van der Waals surface area contributed by atoms with Crippen molar-refractivity contribution >= 4 is 40.5 Å². The molecule has 0 bridgehead atoms. The smallest absolute Gasteiger partial charge is 0.287 e. The van der Waals surface area contributed by atoms with Crippen molar-refractivity contribution in [1.29, 1.82) is 0 Å². The topological polar surface area (TPSA) is 58.5 Å². The average Bonchev–Trinajstić information content (AvgIpc) is 3.02. The predicted molar refractivity (Wildman–Crippen MR) is 95.4 cm³/mol. The van der Waals surface area contributed by atoms with E-state index in [0.717, 1.165) is 37.0 Å². The van der Waals surface area contributed by atoms with Gasteiger partial charge in [0.1, 0.15) is 0 Å². The number of halogens is 1. The van der Waals surface area contributed by atoms with Crippen molar-refractivity contribution in [3.63, 3.8) is 0 Å². The van der Waals surface area contributed by atoms with Gasteiger partial charge in [-0.1, -0.05) is 17.7 Å². The van der Waals surface area contributed by atoms with Gasteiger partial charge < -0.3 is 5.32 Å². The normalized spacial score (nSPS) is 24.4. The first-order valence-electron chi connectivity index (χ1n) is 7.93. The molecule has 1 atom stereocenters. The summed E-state index contributed by atoms with van der Waals surface area (Å²) in [5, 5.41) is 2.97. The number of aliphatic imine (C=N–C) groups is 1. The van der Waals surface area contributed by atoms with E-state index < -0.39 is 0 Å². The first kappa shape index (κ1) is 15.5. The minimum absolute atomic E-state index is 0.00165. The van der Waals surface area contributed by atoms with Crippen molar-refractivity contribution in [2.75, 3.05) is 0 Å². The first-order valence-corrected chi connectivity index (χ1v) is 9.12. The van der Waals surface area contributed by atoms with Crippen LogP contribution >= 0.6 is 22.9 Å². The molecule has 0 fully saturated rings. The van der Waals surface area contributed by atoms with E-state index in [1.54, 1.807) is 18.2 Å². The van der Waals surface area contributed by atoms with Gasteiger partial charge in [0.2, 0.25) is 0 Å². The van der Waals surface area contributed by atoms with Gasteiger partial charge in [0.25, 0.3) is 11.8 Å². The Hall–Kier alpha value is -1.98. The van der Waals surface area contributed by atoms with Crippen LogP contribution in [0.15, 0.2) is 52.2 Å². The SMILES string of the molecule is O=C1NC2=CC(=NC(=O)c3ccc(Cl)s3)C=CC2C2=C1CCCC2. The van der Waals surface area contributed by atoms with Crippen LogP contribution < -0.4 is 5.32 Å². The maximum absolute atomic E-state index is 12.3. The van der Waals surface area contributed by atoms with Crippen molar-refractivity contribution in [2.45, 2.75) is 25.7 Å². The Bertz CT molecular complexity index is 860. The van der Waals surface area contributed by atoms with E-state index in [2.05, 4.69) is 10.3 Å². The monoisotopic (exact) mass is 358 g/mol. The fourth-order valence-electron chi connectivity index (χ4n) is 3.42. The van der Waals surface area contributed by atoms with Crippen molar-refractivity contribution in [2.24, 2.45) is 10.9 Å². The molecule has 1 aromatic rings. The number of fused-ring (bicyclic) bond motifs is 2. The van der Waals surface area contributed by atoms with Crippen molar-refractivity contribution in [3.05, 3.63) is 56.4 Å². The zero-order valence-electron chi connectivity index (χ0n) is 12.8. The van der Waals surface area contributed by atoms with Crippen LogP contribution in [-0.2, 0) is 4.79 Å². The number of hydrogen-bond donors (Lipinski definition) is 1. The van der Waals surface area contributed by atoms with E-state index in [4.69, 9.17) is 11.6 Å². The lowest BCUT2D eigenvalue weighted by atomic mass is 9.77. The van der Waals surface area contributed by atoms with Crippen molar-refractivity contribution < 1.29 is 9.59 Å². The second-order valence-electron chi connectivity index (χ2n) is 6.05. The standard InChI is InChI=1S/C18H15ClN2O2S/c19-16-8-7-15(24-16)18(23)20-10-5-6-12-11-3-1-2-4-13(11)17(22)21-14(12)9-10/h5-9,12H,1-4H2,(H,21,22). The van der Waals surface area contributed by atoms with Crippen LogP contribution in [0.2, 0.25) is 4.34 Å². The van der Waals surface area contributed by atoms with Gasteiger partial charge in [-0.05, 0) is 55.5 Å². The predicted octanol–water partition coefficient (Wildman–Crippen LogP) is 4.05. The van der Waals surface area contributed by atoms with Gasteiger partial charge in [0.15, 0.2) is 0 Å². The summed E-state index contributed by atoms with van der Waals surface area (Å²) < 4.78 is 0.562. The summed E-state index contributed by atoms with van der Waals surface area (Å²) in [6.45, 7) is 0. The highest BCUT2D eigenvalue weighted by Gasteiger charge is 2.33. The molecule has 2 aliphatic carbocycles. The summed E-state index contributed by atoms with van der Waals surface area (Å²) in [6.07, 6.45) is 9.72. The Kier molecular flexibility index (Phi) is 3.98. The molecule has 1 aromatic heterocycles. The molecule has 2 heterocycles. The highest BCUT2D eigenvalue weighted by molar-refractivity contribution is 7.18. The molecule has 0 spiro atoms. The summed E-state index contributed by atoms with van der Waals surface area (Å²) in [4.78, 5) is 29.1. The lowest BCUT2D eigenvalue weighted by Crippen LogP contribution is -2.37. The molecule has 3 aliphatic rings. The number of rotatable bonds is 1. The lowest BCUT2D eigenvalue weighted by Gasteiger charge is -2.33. The fraction of sp³-hybridized carbons (Fsp3) is 0.278. The molecule has 4 nitrogen and oxygen atoms in total. The molecule has 24 heavy (non-hydrogen) atoms. The quantitative estimate of drug-likeness (QED) is 0.823. The summed E-state index contributed by atoms with van der Waals surface area (Å²) in [5.74, 6) is -0.206. The van der Waals surface area contributed by atoms with Gasteiger partial charge in [-0.3, -0.25) is 9.59 Å². The third-order valence-electron chi connectivity index (χ3n) is 4.53. The van der Waals surface area contributed by atoms with Crippen LogP contribution in [0, 0.1) is 5.92 Å². The first-order chi connectivity index (χ1) is 11.6. The largest absolute Gasteiger partial charge is 0.325 e. The van der Waals surface area contributed by atoms with Crippen LogP contribution in [0.4, 0.5) is 0 Å². The second kappa shape index (κ2) is 6.15. The van der Waals surface area contributed by atoms with E-state index in [9.17, 15) is 9.59 Å². The molecular weight excluding hydrogens is 344 g/mol. The molecule has 122 valence electrons. The van der Waals surface area contributed by atoms with Gasteiger partial charge in [-0.15, -0.1) is 11.3 Å². The van der Waals surface area contributed by atoms with Crippen LogP contribution in [-0.4, -0.2) is 17.5 Å². The Morgan fingerprint density at radius 3 is 2.92 bits per heavy atom. The number of hydrogen-bond acceptors (Lipinski definition) is 3. The maximum Gasteiger partial charge on any atom is 0.287 e. The van der Waals surface area contributed by atoms with Crippen LogP contribution in [0.3, 0.4) is 0 Å². The van der Waals surface area contributed by atoms with Gasteiger partial charge in [0, 0.05) is 17.2 Å². The molecule has 6 heteroatoms. The molecule has 1 aliphatic heterocycles. The van der Waals surface area contributed by atoms with E-state index in [1.165, 1.54) is 16.9 Å². The van der Waals surface area contributed by atoms with Crippen LogP contribution in [0.5, 0.6) is 0 Å². The highest BCUT2D eigenvalue weighted by atomic mass is 35.5. The molecule has 0 radical (unpaired) electrons. The molecule has 1 N–H and O–H groups in total. The highest BCUT2D eigenvalue weighted by Crippen LogP contribution is 2.38. The molecule has 0 saturated carbocycles. The van der Waals surface area contributed by atoms with E-state index in [-0.39, 0.29) is 17.7 Å². The molecule has 0 saturated heterocycles. The summed E-state index contributed by atoms with van der Waals surface area (Å²) >= 11 is 7.07. The lowest BCUT2D eigenvalue weighted by molar-refractivity contribution is -0.117. The Labute approximate surface area is 148 Å². The number of carbonyl (C=O) groups excluding carboxylic acids is 2. The third-order valence-corrected chi connectivity index (χ3v) is 5.75. The Morgan fingerprint density at radius 2 is 2.12 bits per heavy atom. The van der Waals surface area contributed by atoms with E-state index >= 15 is 0 Å².